The van der Waals surface area contributed by atoms with E-state index in [1.807, 2.05) is 20.8 Å². The number of nitrogens with one attached hydrogen (secondary N) is 2. The largest absolute Gasteiger partial charge is 0.481 e. The van der Waals surface area contributed by atoms with Gasteiger partial charge in [-0.1, -0.05) is 20.8 Å². The van der Waals surface area contributed by atoms with Crippen molar-refractivity contribution in [1.82, 2.24) is 10.6 Å². The second-order valence-electron chi connectivity index (χ2n) is 5.62. The molecule has 0 saturated heterocycles. The number of hydrogen-bond donors (Lipinski definition) is 4. The summed E-state index contributed by atoms with van der Waals surface area (Å²) in [7, 11) is 0. The van der Waals surface area contributed by atoms with Gasteiger partial charge >= 0.3 is 24.1 Å². The quantitative estimate of drug-likeness (QED) is 0.532. The molecule has 0 aliphatic carbocycles. The number of carboxylic acid groups (broad SMARTS) is 2. The highest BCUT2D eigenvalue weighted by molar-refractivity contribution is 5.82. The monoisotopic (exact) mass is 318 g/mol. The number of aliphatic carboxylic acids is 2. The molecule has 0 fully saturated rings. The number of carboxylic acids is 2. The molecule has 0 saturated carbocycles. The van der Waals surface area contributed by atoms with Gasteiger partial charge in [0.1, 0.15) is 6.04 Å². The average molecular weight is 318 g/mol. The van der Waals surface area contributed by atoms with E-state index in [1.165, 1.54) is 0 Å². The third-order valence-electron chi connectivity index (χ3n) is 2.41. The van der Waals surface area contributed by atoms with Crippen LogP contribution in [-0.2, 0) is 19.2 Å². The molecule has 0 unspecified atom stereocenters. The lowest BCUT2D eigenvalue weighted by Gasteiger charge is -2.19. The van der Waals surface area contributed by atoms with Gasteiger partial charge in [0.25, 0.3) is 0 Å². The average Bonchev–Trinajstić information content (AvgIpc) is 2.33. The predicted molar refractivity (Wildman–Crippen MR) is 73.9 cm³/mol. The standard InChI is InChI=1S/C12H22N2O5.CO2/c1-12(2,3)6-7-13-11(19)14-8(10(17)18)4-5-9(15)16;2-1-3/h8H,4-7H2,1-3H3,(H,15,16)(H,17,18)(H2,13,14,19);/t8-;/m0./s1. The summed E-state index contributed by atoms with van der Waals surface area (Å²) in [6.07, 6.45) is 0.559. The molecule has 0 radical (unpaired) electrons. The Balaban J connectivity index is 0. The molecular formula is C13H22N2O7. The third-order valence-corrected chi connectivity index (χ3v) is 2.41. The lowest BCUT2D eigenvalue weighted by atomic mass is 9.92. The summed E-state index contributed by atoms with van der Waals surface area (Å²) in [6.45, 7) is 6.51. The van der Waals surface area contributed by atoms with Gasteiger partial charge in [-0.05, 0) is 18.3 Å². The molecule has 0 aromatic heterocycles. The van der Waals surface area contributed by atoms with E-state index >= 15 is 0 Å². The minimum Gasteiger partial charge on any atom is -0.481 e. The van der Waals surface area contributed by atoms with E-state index < -0.39 is 24.0 Å². The van der Waals surface area contributed by atoms with E-state index in [9.17, 15) is 14.4 Å². The predicted octanol–water partition coefficient (Wildman–Crippen LogP) is 0.456. The zero-order valence-electron chi connectivity index (χ0n) is 12.8. The first-order chi connectivity index (χ1) is 10.0. The Bertz CT molecular complexity index is 409. The number of hydrogen-bond acceptors (Lipinski definition) is 5. The van der Waals surface area contributed by atoms with E-state index in [1.54, 1.807) is 0 Å². The van der Waals surface area contributed by atoms with Gasteiger partial charge in [0.2, 0.25) is 0 Å². The molecule has 9 heteroatoms. The lowest BCUT2D eigenvalue weighted by Crippen LogP contribution is -2.46. The van der Waals surface area contributed by atoms with E-state index in [4.69, 9.17) is 19.8 Å². The summed E-state index contributed by atoms with van der Waals surface area (Å²) < 4.78 is 0. The van der Waals surface area contributed by atoms with E-state index in [0.717, 1.165) is 6.42 Å². The van der Waals surface area contributed by atoms with Crippen molar-refractivity contribution < 1.29 is 34.2 Å². The molecule has 0 rings (SSSR count). The van der Waals surface area contributed by atoms with Crippen LogP contribution in [0.5, 0.6) is 0 Å². The molecule has 126 valence electrons. The van der Waals surface area contributed by atoms with Crippen molar-refractivity contribution in [3.05, 3.63) is 0 Å². The molecule has 0 heterocycles. The van der Waals surface area contributed by atoms with Crippen LogP contribution in [0, 0.1) is 5.41 Å². The van der Waals surface area contributed by atoms with Crippen molar-refractivity contribution in [3.8, 4) is 0 Å². The van der Waals surface area contributed by atoms with Gasteiger partial charge in [-0.3, -0.25) is 4.79 Å². The molecule has 0 aliphatic rings. The first-order valence-corrected chi connectivity index (χ1v) is 6.51. The Morgan fingerprint density at radius 3 is 2.00 bits per heavy atom. The van der Waals surface area contributed by atoms with Gasteiger partial charge < -0.3 is 20.8 Å². The van der Waals surface area contributed by atoms with Gasteiger partial charge in [0.05, 0.1) is 0 Å². The van der Waals surface area contributed by atoms with Gasteiger partial charge in [0, 0.05) is 13.0 Å². The molecular weight excluding hydrogens is 296 g/mol. The highest BCUT2D eigenvalue weighted by Crippen LogP contribution is 2.16. The van der Waals surface area contributed by atoms with Crippen molar-refractivity contribution >= 4 is 24.1 Å². The second-order valence-corrected chi connectivity index (χ2v) is 5.62. The smallest absolute Gasteiger partial charge is 0.373 e. The molecule has 0 bridgehead atoms. The lowest BCUT2D eigenvalue weighted by molar-refractivity contribution is -0.191. The number of rotatable bonds is 7. The van der Waals surface area contributed by atoms with Crippen molar-refractivity contribution in [2.24, 2.45) is 5.41 Å². The van der Waals surface area contributed by atoms with Crippen LogP contribution >= 0.6 is 0 Å². The van der Waals surface area contributed by atoms with Crippen molar-refractivity contribution in [2.75, 3.05) is 6.54 Å². The number of amides is 2. The Morgan fingerprint density at radius 1 is 1.14 bits per heavy atom. The summed E-state index contributed by atoms with van der Waals surface area (Å²) in [5.74, 6) is -2.34. The van der Waals surface area contributed by atoms with Crippen molar-refractivity contribution in [1.29, 1.82) is 0 Å². The molecule has 4 N–H and O–H groups in total. The number of carbonyl (C=O) groups excluding carboxylic acids is 3. The molecule has 0 aliphatic heterocycles. The van der Waals surface area contributed by atoms with Crippen LogP contribution in [0.25, 0.3) is 0 Å². The van der Waals surface area contributed by atoms with Crippen LogP contribution in [0.4, 0.5) is 4.79 Å². The molecule has 0 spiro atoms. The maximum Gasteiger partial charge on any atom is 0.373 e. The van der Waals surface area contributed by atoms with Crippen molar-refractivity contribution in [3.63, 3.8) is 0 Å². The Kier molecular flexibility index (Phi) is 11.2. The van der Waals surface area contributed by atoms with Crippen molar-refractivity contribution in [2.45, 2.75) is 46.1 Å². The zero-order chi connectivity index (χ0) is 17.8. The minimum absolute atomic E-state index is 0.0722. The minimum atomic E-state index is -1.24. The van der Waals surface area contributed by atoms with Crippen LogP contribution in [0.15, 0.2) is 0 Å². The Morgan fingerprint density at radius 2 is 1.64 bits per heavy atom. The summed E-state index contributed by atoms with van der Waals surface area (Å²) in [4.78, 5) is 48.9. The highest BCUT2D eigenvalue weighted by atomic mass is 16.4. The van der Waals surface area contributed by atoms with Crippen LogP contribution < -0.4 is 10.6 Å². The number of carbonyl (C=O) groups is 3. The SMILES string of the molecule is CC(C)(C)CCNC(=O)N[C@@H](CCC(=O)O)C(=O)O.O=C=O. The zero-order valence-corrected chi connectivity index (χ0v) is 12.8. The highest BCUT2D eigenvalue weighted by Gasteiger charge is 2.21. The Labute approximate surface area is 128 Å². The van der Waals surface area contributed by atoms with Crippen LogP contribution in [-0.4, -0.2) is 46.9 Å². The molecule has 0 aromatic carbocycles. The first kappa shape index (κ1) is 21.9. The van der Waals surface area contributed by atoms with Gasteiger partial charge in [0.15, 0.2) is 0 Å². The molecule has 1 atom stereocenters. The van der Waals surface area contributed by atoms with Gasteiger partial charge in [-0.15, -0.1) is 0 Å². The molecule has 9 nitrogen and oxygen atoms in total. The topological polar surface area (TPSA) is 150 Å². The van der Waals surface area contributed by atoms with Crippen LogP contribution in [0.3, 0.4) is 0 Å². The molecule has 0 aromatic rings. The second kappa shape index (κ2) is 11.3. The summed E-state index contributed by atoms with van der Waals surface area (Å²) in [5, 5.41) is 22.1. The normalized spacial score (nSPS) is 11.2. The maximum absolute atomic E-state index is 11.5. The molecule has 2 amide bonds. The number of urea groups is 1. The molecule has 22 heavy (non-hydrogen) atoms. The summed E-state index contributed by atoms with van der Waals surface area (Å²) in [5.41, 5.74) is 0.0722. The maximum atomic E-state index is 11.5. The first-order valence-electron chi connectivity index (χ1n) is 6.51. The van der Waals surface area contributed by atoms with E-state index in [2.05, 4.69) is 10.6 Å². The van der Waals surface area contributed by atoms with E-state index in [-0.39, 0.29) is 24.4 Å². The Hall–Kier alpha value is -2.41. The van der Waals surface area contributed by atoms with Gasteiger partial charge in [-0.25, -0.2) is 9.59 Å². The fourth-order valence-electron chi connectivity index (χ4n) is 1.29. The summed E-state index contributed by atoms with van der Waals surface area (Å²) in [6, 6.07) is -1.78. The summed E-state index contributed by atoms with van der Waals surface area (Å²) >= 11 is 0. The van der Waals surface area contributed by atoms with Gasteiger partial charge in [-0.2, -0.15) is 9.59 Å². The van der Waals surface area contributed by atoms with Crippen LogP contribution in [0.1, 0.15) is 40.0 Å². The third kappa shape index (κ3) is 15.6. The fraction of sp³-hybridized carbons (Fsp3) is 0.692. The fourth-order valence-corrected chi connectivity index (χ4v) is 1.29. The van der Waals surface area contributed by atoms with Crippen LogP contribution in [0.2, 0.25) is 0 Å². The van der Waals surface area contributed by atoms with E-state index in [0.29, 0.717) is 6.54 Å².